The van der Waals surface area contributed by atoms with Crippen LogP contribution in [-0.2, 0) is 6.54 Å². The number of aromatic nitrogens is 1. The highest BCUT2D eigenvalue weighted by atomic mass is 32.1. The Bertz CT molecular complexity index is 878. The van der Waals surface area contributed by atoms with Crippen LogP contribution in [0, 0.1) is 5.82 Å². The van der Waals surface area contributed by atoms with Gasteiger partial charge in [-0.05, 0) is 42.0 Å². The van der Waals surface area contributed by atoms with Crippen LogP contribution < -0.4 is 9.47 Å². The summed E-state index contributed by atoms with van der Waals surface area (Å²) in [4.78, 5) is 4.39. The van der Waals surface area contributed by atoms with Crippen molar-refractivity contribution in [2.45, 2.75) is 6.54 Å². The third-order valence-corrected chi connectivity index (χ3v) is 4.21. The normalized spacial score (nSPS) is 11.0. The van der Waals surface area contributed by atoms with Gasteiger partial charge in [0.15, 0.2) is 11.5 Å². The lowest BCUT2D eigenvalue weighted by Gasteiger charge is -2.07. The second-order valence-corrected chi connectivity index (χ2v) is 5.95. The van der Waals surface area contributed by atoms with Crippen LogP contribution in [0.3, 0.4) is 0 Å². The predicted molar refractivity (Wildman–Crippen MR) is 95.3 cm³/mol. The number of hydrogen-bond acceptors (Lipinski definition) is 6. The van der Waals surface area contributed by atoms with E-state index >= 15 is 0 Å². The minimum atomic E-state index is -0.270. The minimum absolute atomic E-state index is 0.270. The van der Waals surface area contributed by atoms with Gasteiger partial charge in [-0.15, -0.1) is 16.5 Å². The summed E-state index contributed by atoms with van der Waals surface area (Å²) in [5.41, 5.74) is 2.56. The van der Waals surface area contributed by atoms with Crippen LogP contribution >= 0.6 is 11.3 Å². The summed E-state index contributed by atoms with van der Waals surface area (Å²) >= 11 is 1.39. The highest BCUT2D eigenvalue weighted by Crippen LogP contribution is 2.29. The maximum Gasteiger partial charge on any atom is 0.230 e. The Morgan fingerprint density at radius 2 is 1.80 bits per heavy atom. The minimum Gasteiger partial charge on any atom is -0.493 e. The van der Waals surface area contributed by atoms with Gasteiger partial charge < -0.3 is 9.47 Å². The fourth-order valence-corrected chi connectivity index (χ4v) is 2.88. The first-order valence-corrected chi connectivity index (χ1v) is 8.37. The molecule has 0 unspecified atom stereocenters. The monoisotopic (exact) mass is 357 g/mol. The lowest BCUT2D eigenvalue weighted by molar-refractivity contribution is 0.354. The van der Waals surface area contributed by atoms with Crippen LogP contribution in [0.1, 0.15) is 5.56 Å². The van der Waals surface area contributed by atoms with Crippen molar-refractivity contribution in [3.8, 4) is 22.8 Å². The van der Waals surface area contributed by atoms with Crippen molar-refractivity contribution < 1.29 is 13.9 Å². The number of rotatable bonds is 6. The number of ether oxygens (including phenoxy) is 2. The van der Waals surface area contributed by atoms with E-state index in [4.69, 9.17) is 9.47 Å². The van der Waals surface area contributed by atoms with E-state index in [1.807, 2.05) is 23.6 Å². The molecule has 7 heteroatoms. The molecule has 0 aliphatic rings. The number of halogens is 1. The molecule has 0 N–H and O–H groups in total. The van der Waals surface area contributed by atoms with Crippen molar-refractivity contribution in [2.75, 3.05) is 14.2 Å². The molecule has 0 spiro atoms. The van der Waals surface area contributed by atoms with E-state index < -0.39 is 0 Å². The van der Waals surface area contributed by atoms with Crippen LogP contribution in [0.2, 0.25) is 0 Å². The summed E-state index contributed by atoms with van der Waals surface area (Å²) in [5, 5.41) is 10.8. The molecule has 2 aromatic carbocycles. The van der Waals surface area contributed by atoms with E-state index in [0.717, 1.165) is 16.8 Å². The zero-order chi connectivity index (χ0) is 17.6. The van der Waals surface area contributed by atoms with Crippen molar-refractivity contribution in [1.29, 1.82) is 0 Å². The van der Waals surface area contributed by atoms with Gasteiger partial charge in [0.05, 0.1) is 26.5 Å². The summed E-state index contributed by atoms with van der Waals surface area (Å²) < 4.78 is 23.4. The first kappa shape index (κ1) is 17.0. The lowest BCUT2D eigenvalue weighted by atomic mass is 10.2. The number of benzene rings is 2. The Hall–Kier alpha value is -2.80. The van der Waals surface area contributed by atoms with Crippen LogP contribution in [0.25, 0.3) is 11.3 Å². The molecule has 5 nitrogen and oxygen atoms in total. The fourth-order valence-electron chi connectivity index (χ4n) is 2.22. The molecule has 128 valence electrons. The molecule has 25 heavy (non-hydrogen) atoms. The molecule has 0 aliphatic heterocycles. The summed E-state index contributed by atoms with van der Waals surface area (Å²) in [6.45, 7) is 0.409. The van der Waals surface area contributed by atoms with Gasteiger partial charge in [-0.2, -0.15) is 5.11 Å². The van der Waals surface area contributed by atoms with E-state index in [1.54, 1.807) is 26.4 Å². The highest BCUT2D eigenvalue weighted by Gasteiger charge is 2.05. The van der Waals surface area contributed by atoms with E-state index in [0.29, 0.717) is 23.2 Å². The molecule has 3 rings (SSSR count). The quantitative estimate of drug-likeness (QED) is 0.566. The van der Waals surface area contributed by atoms with Gasteiger partial charge >= 0.3 is 0 Å². The van der Waals surface area contributed by atoms with Crippen molar-refractivity contribution in [3.05, 3.63) is 59.2 Å². The van der Waals surface area contributed by atoms with Gasteiger partial charge in [-0.1, -0.05) is 6.07 Å². The molecule has 1 aromatic heterocycles. The second kappa shape index (κ2) is 7.85. The summed E-state index contributed by atoms with van der Waals surface area (Å²) in [5.74, 6) is 1.06. The topological polar surface area (TPSA) is 56.1 Å². The number of hydrogen-bond donors (Lipinski definition) is 0. The Kier molecular flexibility index (Phi) is 5.35. The molecule has 0 amide bonds. The average molecular weight is 357 g/mol. The molecule has 0 fully saturated rings. The summed E-state index contributed by atoms with van der Waals surface area (Å²) in [6.07, 6.45) is 0. The lowest BCUT2D eigenvalue weighted by Crippen LogP contribution is -1.91. The molecular formula is C18H16FN3O2S. The van der Waals surface area contributed by atoms with E-state index in [2.05, 4.69) is 15.2 Å². The maximum atomic E-state index is 13.0. The highest BCUT2D eigenvalue weighted by molar-refractivity contribution is 7.13. The van der Waals surface area contributed by atoms with Gasteiger partial charge in [0, 0.05) is 10.9 Å². The zero-order valence-electron chi connectivity index (χ0n) is 13.8. The molecule has 0 radical (unpaired) electrons. The zero-order valence-corrected chi connectivity index (χ0v) is 14.6. The van der Waals surface area contributed by atoms with Crippen LogP contribution in [0.4, 0.5) is 9.52 Å². The van der Waals surface area contributed by atoms with Gasteiger partial charge in [0.2, 0.25) is 5.13 Å². The Morgan fingerprint density at radius 3 is 2.52 bits per heavy atom. The molecule has 1 heterocycles. The van der Waals surface area contributed by atoms with Crippen LogP contribution in [-0.4, -0.2) is 19.2 Å². The summed E-state index contributed by atoms with van der Waals surface area (Å²) in [7, 11) is 3.19. The summed E-state index contributed by atoms with van der Waals surface area (Å²) in [6, 6.07) is 11.8. The first-order valence-electron chi connectivity index (χ1n) is 7.49. The van der Waals surface area contributed by atoms with Crippen molar-refractivity contribution >= 4 is 16.5 Å². The Labute approximate surface area is 148 Å². The molecule has 0 aliphatic carbocycles. The molecule has 0 saturated carbocycles. The van der Waals surface area contributed by atoms with Crippen LogP contribution in [0.5, 0.6) is 11.5 Å². The largest absolute Gasteiger partial charge is 0.493 e. The van der Waals surface area contributed by atoms with Crippen molar-refractivity contribution in [3.63, 3.8) is 0 Å². The molecule has 0 saturated heterocycles. The van der Waals surface area contributed by atoms with Gasteiger partial charge in [-0.25, -0.2) is 9.37 Å². The number of azo groups is 1. The van der Waals surface area contributed by atoms with Gasteiger partial charge in [-0.3, -0.25) is 0 Å². The molecular weight excluding hydrogens is 341 g/mol. The molecule has 0 atom stereocenters. The van der Waals surface area contributed by atoms with Gasteiger partial charge in [0.25, 0.3) is 0 Å². The Morgan fingerprint density at radius 1 is 1.04 bits per heavy atom. The second-order valence-electron chi connectivity index (χ2n) is 5.11. The molecule has 0 bridgehead atoms. The average Bonchev–Trinajstić information content (AvgIpc) is 3.11. The smallest absolute Gasteiger partial charge is 0.230 e. The number of nitrogens with zero attached hydrogens (tertiary/aromatic N) is 3. The van der Waals surface area contributed by atoms with Crippen molar-refractivity contribution in [2.24, 2.45) is 10.2 Å². The van der Waals surface area contributed by atoms with Gasteiger partial charge in [0.1, 0.15) is 5.82 Å². The van der Waals surface area contributed by atoms with E-state index in [-0.39, 0.29) is 5.82 Å². The third-order valence-electron chi connectivity index (χ3n) is 3.49. The number of thiazole rings is 1. The number of methoxy groups -OCH3 is 2. The van der Waals surface area contributed by atoms with Crippen LogP contribution in [0.15, 0.2) is 58.1 Å². The third kappa shape index (κ3) is 4.19. The maximum absolute atomic E-state index is 13.0. The van der Waals surface area contributed by atoms with E-state index in [1.165, 1.54) is 23.5 Å². The van der Waals surface area contributed by atoms with Crippen molar-refractivity contribution in [1.82, 2.24) is 4.98 Å². The predicted octanol–water partition coefficient (Wildman–Crippen LogP) is 5.25. The fraction of sp³-hybridized carbons (Fsp3) is 0.167. The Balaban J connectivity index is 1.68. The SMILES string of the molecule is COc1ccc(CN=Nc2nc(-c3ccc(F)cc3)cs2)cc1OC. The van der Waals surface area contributed by atoms with E-state index in [9.17, 15) is 4.39 Å². The standard InChI is InChI=1S/C18H16FN3O2S/c1-23-16-8-3-12(9-17(16)24-2)10-20-22-18-21-15(11-25-18)13-4-6-14(19)7-5-13/h3-9,11H,10H2,1-2H3. The molecule has 3 aromatic rings. The first-order chi connectivity index (χ1) is 12.2.